The molecule has 0 radical (unpaired) electrons. The first-order chi connectivity index (χ1) is 14.3. The zero-order chi connectivity index (χ0) is 21.5. The number of sulfonamides is 1. The number of aromatic nitrogens is 4. The molecule has 1 aliphatic heterocycles. The average Bonchev–Trinajstić information content (AvgIpc) is 3.06. The predicted octanol–water partition coefficient (Wildman–Crippen LogP) is 3.10. The molecule has 0 bridgehead atoms. The lowest BCUT2D eigenvalue weighted by molar-refractivity contribution is 0.383. The highest BCUT2D eigenvalue weighted by molar-refractivity contribution is 7.89. The monoisotopic (exact) mass is 466 g/mol. The molecule has 0 aliphatic carbocycles. The summed E-state index contributed by atoms with van der Waals surface area (Å²) in [7, 11) is -3.78. The molecule has 2 aromatic heterocycles. The number of aryl methyl sites for hydroxylation is 2. The van der Waals surface area contributed by atoms with Crippen LogP contribution in [0.2, 0.25) is 10.0 Å². The molecule has 0 amide bonds. The van der Waals surface area contributed by atoms with Gasteiger partial charge in [0.2, 0.25) is 10.0 Å². The highest BCUT2D eigenvalue weighted by Crippen LogP contribution is 2.32. The number of benzene rings is 1. The summed E-state index contributed by atoms with van der Waals surface area (Å²) >= 11 is 12.2. The van der Waals surface area contributed by atoms with Gasteiger partial charge in [0.15, 0.2) is 11.6 Å². The SMILES string of the molecule is Cc1cc(C)n(-c2ccc(N3CCN(S(=O)(=O)c4c(Cl)cccc4Cl)CC3)nn2)n1. The third-order valence-electron chi connectivity index (χ3n) is 4.94. The van der Waals surface area contributed by atoms with Crippen molar-refractivity contribution >= 4 is 39.0 Å². The van der Waals surface area contributed by atoms with E-state index in [4.69, 9.17) is 23.2 Å². The summed E-state index contributed by atoms with van der Waals surface area (Å²) in [6, 6.07) is 10.4. The lowest BCUT2D eigenvalue weighted by Gasteiger charge is -2.34. The number of hydrogen-bond acceptors (Lipinski definition) is 6. The van der Waals surface area contributed by atoms with E-state index in [-0.39, 0.29) is 14.9 Å². The van der Waals surface area contributed by atoms with Crippen molar-refractivity contribution in [1.82, 2.24) is 24.3 Å². The molecule has 4 rings (SSSR count). The van der Waals surface area contributed by atoms with E-state index < -0.39 is 10.0 Å². The summed E-state index contributed by atoms with van der Waals surface area (Å²) in [5, 5.41) is 13.2. The zero-order valence-corrected chi connectivity index (χ0v) is 18.8. The Morgan fingerprint density at radius 2 is 1.50 bits per heavy atom. The van der Waals surface area contributed by atoms with Gasteiger partial charge in [0.25, 0.3) is 0 Å². The topological polar surface area (TPSA) is 84.2 Å². The first kappa shape index (κ1) is 21.0. The van der Waals surface area contributed by atoms with Crippen molar-refractivity contribution in [1.29, 1.82) is 0 Å². The molecule has 0 N–H and O–H groups in total. The van der Waals surface area contributed by atoms with Crippen LogP contribution in [0.15, 0.2) is 41.3 Å². The van der Waals surface area contributed by atoms with Crippen molar-refractivity contribution in [3.8, 4) is 5.82 Å². The summed E-state index contributed by atoms with van der Waals surface area (Å²) in [4.78, 5) is 1.95. The number of anilines is 1. The number of piperazine rings is 1. The Bertz CT molecular complexity index is 1150. The number of hydrogen-bond donors (Lipinski definition) is 0. The average molecular weight is 467 g/mol. The van der Waals surface area contributed by atoms with Crippen molar-refractivity contribution < 1.29 is 8.42 Å². The summed E-state index contributed by atoms with van der Waals surface area (Å²) in [6.07, 6.45) is 0. The van der Waals surface area contributed by atoms with Crippen molar-refractivity contribution in [3.05, 3.63) is 57.8 Å². The van der Waals surface area contributed by atoms with Gasteiger partial charge in [-0.3, -0.25) is 0 Å². The fraction of sp³-hybridized carbons (Fsp3) is 0.316. The van der Waals surface area contributed by atoms with E-state index in [2.05, 4.69) is 15.3 Å². The fourth-order valence-corrected chi connectivity index (χ4v) is 5.99. The highest BCUT2D eigenvalue weighted by atomic mass is 35.5. The van der Waals surface area contributed by atoms with E-state index in [1.54, 1.807) is 10.7 Å². The smallest absolute Gasteiger partial charge is 0.246 e. The van der Waals surface area contributed by atoms with Crippen LogP contribution in [0.5, 0.6) is 0 Å². The van der Waals surface area contributed by atoms with E-state index in [9.17, 15) is 8.42 Å². The Labute approximate surface area is 185 Å². The minimum Gasteiger partial charge on any atom is -0.352 e. The largest absolute Gasteiger partial charge is 0.352 e. The van der Waals surface area contributed by atoms with Gasteiger partial charge < -0.3 is 4.90 Å². The lowest BCUT2D eigenvalue weighted by Crippen LogP contribution is -2.49. The molecular weight excluding hydrogens is 447 g/mol. The molecule has 11 heteroatoms. The number of halogens is 2. The Balaban J connectivity index is 1.48. The summed E-state index contributed by atoms with van der Waals surface area (Å²) in [5.74, 6) is 1.33. The van der Waals surface area contributed by atoms with Crippen LogP contribution in [0.4, 0.5) is 5.82 Å². The molecule has 0 spiro atoms. The highest BCUT2D eigenvalue weighted by Gasteiger charge is 2.32. The standard InChI is InChI=1S/C19H20Cl2N6O2S/c1-13-12-14(2)27(24-13)18-7-6-17(22-23-18)25-8-10-26(11-9-25)30(28,29)19-15(20)4-3-5-16(19)21/h3-7,12H,8-11H2,1-2H3. The summed E-state index contributed by atoms with van der Waals surface area (Å²) < 4.78 is 29.2. The Morgan fingerprint density at radius 1 is 0.900 bits per heavy atom. The van der Waals surface area contributed by atoms with Gasteiger partial charge in [0.1, 0.15) is 4.90 Å². The third kappa shape index (κ3) is 3.90. The van der Waals surface area contributed by atoms with Gasteiger partial charge in [-0.2, -0.15) is 9.40 Å². The van der Waals surface area contributed by atoms with E-state index in [1.807, 2.05) is 36.9 Å². The molecule has 0 unspecified atom stereocenters. The molecular formula is C19H20Cl2N6O2S. The molecule has 8 nitrogen and oxygen atoms in total. The molecule has 1 saturated heterocycles. The number of rotatable bonds is 4. The second kappa shape index (κ2) is 8.14. The van der Waals surface area contributed by atoms with Gasteiger partial charge in [0.05, 0.1) is 15.7 Å². The molecule has 30 heavy (non-hydrogen) atoms. The summed E-state index contributed by atoms with van der Waals surface area (Å²) in [6.45, 7) is 5.44. The van der Waals surface area contributed by atoms with Gasteiger partial charge >= 0.3 is 0 Å². The lowest BCUT2D eigenvalue weighted by atomic mass is 10.3. The van der Waals surface area contributed by atoms with Crippen LogP contribution in [0, 0.1) is 13.8 Å². The van der Waals surface area contributed by atoms with Crippen LogP contribution in [-0.2, 0) is 10.0 Å². The van der Waals surface area contributed by atoms with E-state index >= 15 is 0 Å². The van der Waals surface area contributed by atoms with Gasteiger partial charge in [-0.25, -0.2) is 13.1 Å². The molecule has 0 saturated carbocycles. The molecule has 1 aromatic carbocycles. The van der Waals surface area contributed by atoms with Gasteiger partial charge in [-0.15, -0.1) is 10.2 Å². The molecule has 158 valence electrons. The van der Waals surface area contributed by atoms with Crippen molar-refractivity contribution in [2.75, 3.05) is 31.1 Å². The third-order valence-corrected chi connectivity index (χ3v) is 7.80. The van der Waals surface area contributed by atoms with Crippen molar-refractivity contribution in [2.45, 2.75) is 18.7 Å². The molecule has 1 aliphatic rings. The van der Waals surface area contributed by atoms with Crippen molar-refractivity contribution in [3.63, 3.8) is 0 Å². The maximum absolute atomic E-state index is 13.0. The van der Waals surface area contributed by atoms with E-state index in [1.165, 1.54) is 16.4 Å². The predicted molar refractivity (Wildman–Crippen MR) is 116 cm³/mol. The van der Waals surface area contributed by atoms with Crippen LogP contribution in [0.3, 0.4) is 0 Å². The maximum atomic E-state index is 13.0. The molecule has 3 heterocycles. The number of nitrogens with zero attached hydrogens (tertiary/aromatic N) is 6. The second-order valence-corrected chi connectivity index (χ2v) is 9.72. The quantitative estimate of drug-likeness (QED) is 0.587. The van der Waals surface area contributed by atoms with Crippen LogP contribution < -0.4 is 4.90 Å². The normalized spacial score (nSPS) is 15.5. The maximum Gasteiger partial charge on any atom is 0.246 e. The zero-order valence-electron chi connectivity index (χ0n) is 16.5. The van der Waals surface area contributed by atoms with Gasteiger partial charge in [0, 0.05) is 31.9 Å². The van der Waals surface area contributed by atoms with Crippen molar-refractivity contribution in [2.24, 2.45) is 0 Å². The van der Waals surface area contributed by atoms with Crippen LogP contribution in [0.1, 0.15) is 11.4 Å². The molecule has 3 aromatic rings. The Morgan fingerprint density at radius 3 is 2.03 bits per heavy atom. The van der Waals surface area contributed by atoms with E-state index in [0.29, 0.717) is 37.8 Å². The van der Waals surface area contributed by atoms with Crippen LogP contribution in [-0.4, -0.2) is 58.9 Å². The Kier molecular flexibility index (Phi) is 5.71. The van der Waals surface area contributed by atoms with E-state index in [0.717, 1.165) is 11.4 Å². The van der Waals surface area contributed by atoms with Crippen LogP contribution in [0.25, 0.3) is 5.82 Å². The van der Waals surface area contributed by atoms with Gasteiger partial charge in [-0.1, -0.05) is 29.3 Å². The fourth-order valence-electron chi connectivity index (χ4n) is 3.48. The Hall–Kier alpha value is -2.20. The molecule has 1 fully saturated rings. The summed E-state index contributed by atoms with van der Waals surface area (Å²) in [5.41, 5.74) is 1.89. The second-order valence-electron chi connectivity index (χ2n) is 7.03. The molecule has 0 atom stereocenters. The minimum absolute atomic E-state index is 0.0455. The first-order valence-electron chi connectivity index (χ1n) is 9.34. The van der Waals surface area contributed by atoms with Gasteiger partial charge in [-0.05, 0) is 44.2 Å². The van der Waals surface area contributed by atoms with Crippen LogP contribution >= 0.6 is 23.2 Å². The first-order valence-corrected chi connectivity index (χ1v) is 11.5. The minimum atomic E-state index is -3.78.